The molecule has 0 aliphatic carbocycles. The van der Waals surface area contributed by atoms with E-state index in [4.69, 9.17) is 16.3 Å². The normalized spacial score (nSPS) is 21.2. The highest BCUT2D eigenvalue weighted by molar-refractivity contribution is 8.14. The van der Waals surface area contributed by atoms with Gasteiger partial charge in [-0.3, -0.25) is 4.99 Å². The molecule has 0 aromatic heterocycles. The van der Waals surface area contributed by atoms with E-state index in [1.807, 2.05) is 24.3 Å². The van der Waals surface area contributed by atoms with Crippen molar-refractivity contribution in [3.05, 3.63) is 34.9 Å². The van der Waals surface area contributed by atoms with E-state index in [9.17, 15) is 0 Å². The molecule has 2 rings (SSSR count). The van der Waals surface area contributed by atoms with Crippen molar-refractivity contribution in [1.82, 2.24) is 5.32 Å². The van der Waals surface area contributed by atoms with Crippen LogP contribution in [0.15, 0.2) is 29.3 Å². The van der Waals surface area contributed by atoms with Crippen LogP contribution < -0.4 is 5.32 Å². The number of rotatable bonds is 5. The van der Waals surface area contributed by atoms with Crippen molar-refractivity contribution in [3.8, 4) is 0 Å². The van der Waals surface area contributed by atoms with Crippen molar-refractivity contribution < 1.29 is 4.74 Å². The number of ether oxygens (including phenoxy) is 1. The minimum atomic E-state index is 0.480. The number of thioether (sulfide) groups is 1. The molecule has 0 bridgehead atoms. The summed E-state index contributed by atoms with van der Waals surface area (Å²) >= 11 is 7.71. The number of aliphatic imine (C=N–C) groups is 1. The number of hydrogen-bond donors (Lipinski definition) is 1. The highest BCUT2D eigenvalue weighted by Gasteiger charge is 2.19. The molecule has 1 fully saturated rings. The molecule has 1 aromatic rings. The highest BCUT2D eigenvalue weighted by Crippen LogP contribution is 2.17. The molecule has 1 heterocycles. The van der Waals surface area contributed by atoms with Gasteiger partial charge in [0.05, 0.1) is 6.54 Å². The Balaban J connectivity index is 1.84. The first-order valence-electron chi connectivity index (χ1n) is 5.95. The first-order chi connectivity index (χ1) is 8.78. The molecule has 1 aromatic carbocycles. The minimum Gasteiger partial charge on any atom is -0.385 e. The van der Waals surface area contributed by atoms with Crippen molar-refractivity contribution in [3.63, 3.8) is 0 Å². The monoisotopic (exact) mass is 284 g/mol. The largest absolute Gasteiger partial charge is 0.385 e. The SMILES string of the molecule is COCCC1CSC(=NCc2cccc(Cl)c2)N1. The first kappa shape index (κ1) is 13.7. The van der Waals surface area contributed by atoms with Crippen LogP contribution in [0.5, 0.6) is 0 Å². The van der Waals surface area contributed by atoms with Crippen LogP contribution >= 0.6 is 23.4 Å². The predicted molar refractivity (Wildman–Crippen MR) is 78.5 cm³/mol. The van der Waals surface area contributed by atoms with Gasteiger partial charge in [0.15, 0.2) is 5.17 Å². The second kappa shape index (κ2) is 7.02. The Hall–Kier alpha value is -0.710. The molecule has 1 saturated heterocycles. The summed E-state index contributed by atoms with van der Waals surface area (Å²) in [4.78, 5) is 4.56. The topological polar surface area (TPSA) is 33.6 Å². The molecular formula is C13H17ClN2OS. The molecule has 1 N–H and O–H groups in total. The number of amidine groups is 1. The van der Waals surface area contributed by atoms with E-state index >= 15 is 0 Å². The number of nitrogens with one attached hydrogen (secondary N) is 1. The maximum absolute atomic E-state index is 5.94. The van der Waals surface area contributed by atoms with Gasteiger partial charge < -0.3 is 10.1 Å². The van der Waals surface area contributed by atoms with Gasteiger partial charge in [-0.15, -0.1) is 0 Å². The number of halogens is 1. The second-order valence-electron chi connectivity index (χ2n) is 4.19. The van der Waals surface area contributed by atoms with Crippen LogP contribution in [0.2, 0.25) is 5.02 Å². The number of hydrogen-bond acceptors (Lipinski definition) is 3. The van der Waals surface area contributed by atoms with E-state index < -0.39 is 0 Å². The summed E-state index contributed by atoms with van der Waals surface area (Å²) in [5.41, 5.74) is 1.14. The molecule has 0 saturated carbocycles. The maximum atomic E-state index is 5.94. The molecule has 3 nitrogen and oxygen atoms in total. The molecule has 18 heavy (non-hydrogen) atoms. The zero-order valence-corrected chi connectivity index (χ0v) is 11.9. The molecule has 1 aliphatic heterocycles. The Kier molecular flexibility index (Phi) is 5.35. The number of methoxy groups -OCH3 is 1. The van der Waals surface area contributed by atoms with Crippen molar-refractivity contribution in [2.24, 2.45) is 4.99 Å². The molecule has 0 radical (unpaired) electrons. The molecule has 1 aliphatic rings. The molecular weight excluding hydrogens is 268 g/mol. The number of benzene rings is 1. The zero-order valence-electron chi connectivity index (χ0n) is 10.4. The molecule has 1 atom stereocenters. The van der Waals surface area contributed by atoms with Gasteiger partial charge in [-0.1, -0.05) is 35.5 Å². The van der Waals surface area contributed by atoms with Crippen LogP contribution in [0.25, 0.3) is 0 Å². The Labute approximate surface area is 117 Å². The van der Waals surface area contributed by atoms with Crippen LogP contribution in [-0.4, -0.2) is 30.7 Å². The smallest absolute Gasteiger partial charge is 0.157 e. The van der Waals surface area contributed by atoms with Gasteiger partial charge in [-0.05, 0) is 24.1 Å². The van der Waals surface area contributed by atoms with Gasteiger partial charge in [0.25, 0.3) is 0 Å². The van der Waals surface area contributed by atoms with Crippen LogP contribution in [0.4, 0.5) is 0 Å². The molecule has 0 amide bonds. The third-order valence-corrected chi connectivity index (χ3v) is 4.04. The number of nitrogens with zero attached hydrogens (tertiary/aromatic N) is 1. The van der Waals surface area contributed by atoms with Crippen LogP contribution in [0.1, 0.15) is 12.0 Å². The Morgan fingerprint density at radius 2 is 2.44 bits per heavy atom. The van der Waals surface area contributed by atoms with Crippen molar-refractivity contribution in [2.45, 2.75) is 19.0 Å². The Morgan fingerprint density at radius 3 is 3.22 bits per heavy atom. The van der Waals surface area contributed by atoms with E-state index in [1.54, 1.807) is 18.9 Å². The minimum absolute atomic E-state index is 0.480. The maximum Gasteiger partial charge on any atom is 0.157 e. The van der Waals surface area contributed by atoms with Gasteiger partial charge in [0.2, 0.25) is 0 Å². The lowest BCUT2D eigenvalue weighted by Crippen LogP contribution is -2.28. The fourth-order valence-electron chi connectivity index (χ4n) is 1.74. The summed E-state index contributed by atoms with van der Waals surface area (Å²) < 4.78 is 5.08. The Bertz CT molecular complexity index is 425. The van der Waals surface area contributed by atoms with Gasteiger partial charge in [-0.25, -0.2) is 0 Å². The molecule has 98 valence electrons. The lowest BCUT2D eigenvalue weighted by molar-refractivity contribution is 0.188. The van der Waals surface area contributed by atoms with E-state index in [0.29, 0.717) is 12.6 Å². The highest BCUT2D eigenvalue weighted by atomic mass is 35.5. The van der Waals surface area contributed by atoms with E-state index in [0.717, 1.165) is 34.5 Å². The summed E-state index contributed by atoms with van der Waals surface area (Å²) in [5.74, 6) is 1.07. The van der Waals surface area contributed by atoms with E-state index in [2.05, 4.69) is 10.3 Å². The van der Waals surface area contributed by atoms with Gasteiger partial charge in [-0.2, -0.15) is 0 Å². The van der Waals surface area contributed by atoms with Crippen molar-refractivity contribution >= 4 is 28.5 Å². The average molecular weight is 285 g/mol. The van der Waals surface area contributed by atoms with Crippen molar-refractivity contribution in [2.75, 3.05) is 19.5 Å². The average Bonchev–Trinajstić information content (AvgIpc) is 2.82. The zero-order chi connectivity index (χ0) is 12.8. The fourth-order valence-corrected chi connectivity index (χ4v) is 2.97. The summed E-state index contributed by atoms with van der Waals surface area (Å²) in [5, 5.41) is 5.20. The summed E-state index contributed by atoms with van der Waals surface area (Å²) in [7, 11) is 1.73. The molecule has 0 spiro atoms. The van der Waals surface area contributed by atoms with Crippen LogP contribution in [0, 0.1) is 0 Å². The summed E-state index contributed by atoms with van der Waals surface area (Å²) in [6.45, 7) is 1.46. The van der Waals surface area contributed by atoms with Gasteiger partial charge in [0.1, 0.15) is 0 Å². The van der Waals surface area contributed by atoms with Gasteiger partial charge in [0, 0.05) is 30.5 Å². The summed E-state index contributed by atoms with van der Waals surface area (Å²) in [6, 6.07) is 8.30. The Morgan fingerprint density at radius 1 is 1.56 bits per heavy atom. The lowest BCUT2D eigenvalue weighted by atomic mass is 10.2. The fraction of sp³-hybridized carbons (Fsp3) is 0.462. The summed E-state index contributed by atoms with van der Waals surface area (Å²) in [6.07, 6.45) is 1.03. The third kappa shape index (κ3) is 4.19. The van der Waals surface area contributed by atoms with Crippen LogP contribution in [-0.2, 0) is 11.3 Å². The third-order valence-electron chi connectivity index (χ3n) is 2.71. The first-order valence-corrected chi connectivity index (χ1v) is 7.31. The van der Waals surface area contributed by atoms with Crippen LogP contribution in [0.3, 0.4) is 0 Å². The standard InChI is InChI=1S/C13H17ClN2OS/c1-17-6-5-12-9-18-13(16-12)15-8-10-3-2-4-11(14)7-10/h2-4,7,12H,5-6,8-9H2,1H3,(H,15,16). The lowest BCUT2D eigenvalue weighted by Gasteiger charge is -2.08. The van der Waals surface area contributed by atoms with E-state index in [-0.39, 0.29) is 0 Å². The van der Waals surface area contributed by atoms with E-state index in [1.165, 1.54) is 0 Å². The van der Waals surface area contributed by atoms with Crippen molar-refractivity contribution in [1.29, 1.82) is 0 Å². The molecule has 1 unspecified atom stereocenters. The quantitative estimate of drug-likeness (QED) is 0.903. The second-order valence-corrected chi connectivity index (χ2v) is 5.63. The molecule has 5 heteroatoms. The van der Waals surface area contributed by atoms with Gasteiger partial charge >= 0.3 is 0 Å². The predicted octanol–water partition coefficient (Wildman–Crippen LogP) is 2.94.